The molecule has 35 heavy (non-hydrogen) atoms. The third-order valence-electron chi connectivity index (χ3n) is 6.92. The predicted molar refractivity (Wildman–Crippen MR) is 137 cm³/mol. The molecule has 1 aliphatic carbocycles. The van der Waals surface area contributed by atoms with Gasteiger partial charge in [0, 0.05) is 6.54 Å². The predicted octanol–water partition coefficient (Wildman–Crippen LogP) is 4.65. The standard InChI is InChI=1S/C27H36N2O5S/c1-27(2,3)20-10-15-24-23(16-20)29(35(31,32)22-13-11-21(33-4)12-14-22)18-25(34-24)26(30)28-17-19-8-6-5-7-9-19/h10-16,19,25H,5-9,17-18H2,1-4H3,(H,28,30). The van der Waals surface area contributed by atoms with Gasteiger partial charge in [-0.1, -0.05) is 46.1 Å². The van der Waals surface area contributed by atoms with Crippen molar-refractivity contribution in [2.75, 3.05) is 24.5 Å². The van der Waals surface area contributed by atoms with Crippen molar-refractivity contribution in [3.63, 3.8) is 0 Å². The quantitative estimate of drug-likeness (QED) is 0.624. The van der Waals surface area contributed by atoms with Crippen LogP contribution in [0.1, 0.15) is 58.4 Å². The van der Waals surface area contributed by atoms with Crippen LogP contribution in [0.5, 0.6) is 11.5 Å². The van der Waals surface area contributed by atoms with E-state index in [4.69, 9.17) is 9.47 Å². The van der Waals surface area contributed by atoms with Crippen molar-refractivity contribution in [1.82, 2.24) is 5.32 Å². The number of fused-ring (bicyclic) bond motifs is 1. The second kappa shape index (κ2) is 10.1. The molecule has 1 aliphatic heterocycles. The van der Waals surface area contributed by atoms with E-state index in [9.17, 15) is 13.2 Å². The molecule has 4 rings (SSSR count). The smallest absolute Gasteiger partial charge is 0.264 e. The number of amides is 1. The highest BCUT2D eigenvalue weighted by Crippen LogP contribution is 2.40. The Morgan fingerprint density at radius 2 is 1.77 bits per heavy atom. The van der Waals surface area contributed by atoms with Crippen molar-refractivity contribution < 1.29 is 22.7 Å². The van der Waals surface area contributed by atoms with E-state index in [1.807, 2.05) is 12.1 Å². The minimum absolute atomic E-state index is 0.0918. The molecule has 1 amide bonds. The first-order valence-corrected chi connectivity index (χ1v) is 13.8. The molecule has 8 heteroatoms. The topological polar surface area (TPSA) is 84.9 Å². The van der Waals surface area contributed by atoms with E-state index in [1.54, 1.807) is 18.2 Å². The van der Waals surface area contributed by atoms with Crippen molar-refractivity contribution >= 4 is 21.6 Å². The van der Waals surface area contributed by atoms with Gasteiger partial charge in [0.25, 0.3) is 15.9 Å². The Bertz CT molecular complexity index is 1150. The van der Waals surface area contributed by atoms with Crippen molar-refractivity contribution in [3.05, 3.63) is 48.0 Å². The van der Waals surface area contributed by atoms with Gasteiger partial charge in [0.1, 0.15) is 11.5 Å². The van der Waals surface area contributed by atoms with Crippen LogP contribution >= 0.6 is 0 Å². The zero-order chi connectivity index (χ0) is 25.2. The Labute approximate surface area is 208 Å². The molecule has 2 aromatic rings. The summed E-state index contributed by atoms with van der Waals surface area (Å²) in [7, 11) is -2.41. The van der Waals surface area contributed by atoms with Crippen LogP contribution in [0.2, 0.25) is 0 Å². The van der Waals surface area contributed by atoms with Crippen LogP contribution in [-0.2, 0) is 20.2 Å². The van der Waals surface area contributed by atoms with E-state index in [1.165, 1.54) is 42.8 Å². The fraction of sp³-hybridized carbons (Fsp3) is 0.519. The Kier molecular flexibility index (Phi) is 7.31. The molecule has 0 radical (unpaired) electrons. The number of hydrogen-bond acceptors (Lipinski definition) is 5. The van der Waals surface area contributed by atoms with Crippen LogP contribution in [0, 0.1) is 5.92 Å². The van der Waals surface area contributed by atoms with Crippen LogP contribution in [0.25, 0.3) is 0 Å². The number of nitrogens with zero attached hydrogens (tertiary/aromatic N) is 1. The molecular formula is C27H36N2O5S. The summed E-state index contributed by atoms with van der Waals surface area (Å²) in [6.45, 7) is 6.72. The van der Waals surface area contributed by atoms with Crippen LogP contribution in [0.15, 0.2) is 47.4 Å². The SMILES string of the molecule is COc1ccc(S(=O)(=O)N2CC(C(=O)NCC3CCCCC3)Oc3ccc(C(C)(C)C)cc32)cc1. The van der Waals surface area contributed by atoms with Crippen LogP contribution in [0.3, 0.4) is 0 Å². The lowest BCUT2D eigenvalue weighted by Gasteiger charge is -2.36. The lowest BCUT2D eigenvalue weighted by molar-refractivity contribution is -0.128. The fourth-order valence-electron chi connectivity index (χ4n) is 4.71. The molecule has 2 aliphatic rings. The molecule has 1 fully saturated rings. The van der Waals surface area contributed by atoms with Crippen molar-refractivity contribution in [2.24, 2.45) is 5.92 Å². The lowest BCUT2D eigenvalue weighted by atomic mass is 9.86. The molecule has 1 N–H and O–H groups in total. The summed E-state index contributed by atoms with van der Waals surface area (Å²) in [5.41, 5.74) is 1.25. The summed E-state index contributed by atoms with van der Waals surface area (Å²) in [5.74, 6) is 1.15. The zero-order valence-electron chi connectivity index (χ0n) is 21.0. The number of sulfonamides is 1. The number of carbonyl (C=O) groups is 1. The van der Waals surface area contributed by atoms with Crippen molar-refractivity contribution in [2.45, 2.75) is 69.3 Å². The molecule has 0 saturated heterocycles. The average molecular weight is 501 g/mol. The van der Waals surface area contributed by atoms with E-state index in [0.29, 0.717) is 29.6 Å². The molecule has 0 aromatic heterocycles. The highest BCUT2D eigenvalue weighted by Gasteiger charge is 2.38. The molecule has 1 atom stereocenters. The van der Waals surface area contributed by atoms with Gasteiger partial charge in [-0.25, -0.2) is 8.42 Å². The van der Waals surface area contributed by atoms with Gasteiger partial charge in [-0.15, -0.1) is 0 Å². The summed E-state index contributed by atoms with van der Waals surface area (Å²) >= 11 is 0. The van der Waals surface area contributed by atoms with Gasteiger partial charge in [0.15, 0.2) is 6.10 Å². The Hall–Kier alpha value is -2.74. The molecule has 7 nitrogen and oxygen atoms in total. The number of carbonyl (C=O) groups excluding carboxylic acids is 1. The van der Waals surface area contributed by atoms with Gasteiger partial charge >= 0.3 is 0 Å². The first-order chi connectivity index (χ1) is 16.6. The zero-order valence-corrected chi connectivity index (χ0v) is 21.9. The van der Waals surface area contributed by atoms with Crippen LogP contribution in [-0.4, -0.2) is 40.6 Å². The fourth-order valence-corrected chi connectivity index (χ4v) is 6.17. The first-order valence-electron chi connectivity index (χ1n) is 12.4. The molecular weight excluding hydrogens is 464 g/mol. The molecule has 190 valence electrons. The molecule has 0 spiro atoms. The molecule has 2 aromatic carbocycles. The number of ether oxygens (including phenoxy) is 2. The Balaban J connectivity index is 1.65. The van der Waals surface area contributed by atoms with E-state index >= 15 is 0 Å². The number of nitrogens with one attached hydrogen (secondary N) is 1. The lowest BCUT2D eigenvalue weighted by Crippen LogP contribution is -2.51. The molecule has 1 saturated carbocycles. The van der Waals surface area contributed by atoms with Gasteiger partial charge in [-0.2, -0.15) is 0 Å². The summed E-state index contributed by atoms with van der Waals surface area (Å²) in [6, 6.07) is 11.8. The first kappa shape index (κ1) is 25.4. The number of hydrogen-bond donors (Lipinski definition) is 1. The summed E-state index contributed by atoms with van der Waals surface area (Å²) < 4.78 is 40.1. The van der Waals surface area contributed by atoms with Gasteiger partial charge < -0.3 is 14.8 Å². The maximum Gasteiger partial charge on any atom is 0.264 e. The number of anilines is 1. The maximum absolute atomic E-state index is 13.8. The number of methoxy groups -OCH3 is 1. The minimum atomic E-state index is -3.95. The van der Waals surface area contributed by atoms with Crippen LogP contribution in [0.4, 0.5) is 5.69 Å². The highest BCUT2D eigenvalue weighted by atomic mass is 32.2. The van der Waals surface area contributed by atoms with E-state index in [-0.39, 0.29) is 22.8 Å². The van der Waals surface area contributed by atoms with Crippen molar-refractivity contribution in [1.29, 1.82) is 0 Å². The van der Waals surface area contributed by atoms with Crippen LogP contribution < -0.4 is 19.1 Å². The van der Waals surface area contributed by atoms with E-state index < -0.39 is 16.1 Å². The second-order valence-corrected chi connectivity index (χ2v) is 12.4. The van der Waals surface area contributed by atoms with E-state index in [0.717, 1.165) is 18.4 Å². The third-order valence-corrected chi connectivity index (χ3v) is 8.72. The minimum Gasteiger partial charge on any atom is -0.497 e. The largest absolute Gasteiger partial charge is 0.497 e. The highest BCUT2D eigenvalue weighted by molar-refractivity contribution is 7.92. The number of rotatable bonds is 6. The molecule has 1 unspecified atom stereocenters. The Morgan fingerprint density at radius 1 is 1.09 bits per heavy atom. The van der Waals surface area contributed by atoms with Gasteiger partial charge in [-0.05, 0) is 66.1 Å². The monoisotopic (exact) mass is 500 g/mol. The molecule has 1 heterocycles. The molecule has 0 bridgehead atoms. The average Bonchev–Trinajstić information content (AvgIpc) is 2.86. The summed E-state index contributed by atoms with van der Waals surface area (Å²) in [6.07, 6.45) is 4.93. The summed E-state index contributed by atoms with van der Waals surface area (Å²) in [4.78, 5) is 13.2. The summed E-state index contributed by atoms with van der Waals surface area (Å²) in [5, 5.41) is 3.01. The van der Waals surface area contributed by atoms with Gasteiger partial charge in [-0.3, -0.25) is 9.10 Å². The van der Waals surface area contributed by atoms with Gasteiger partial charge in [0.05, 0.1) is 24.2 Å². The second-order valence-electron chi connectivity index (χ2n) is 10.5. The third kappa shape index (κ3) is 5.58. The van der Waals surface area contributed by atoms with Gasteiger partial charge in [0.2, 0.25) is 0 Å². The number of benzene rings is 2. The Morgan fingerprint density at radius 3 is 2.40 bits per heavy atom. The van der Waals surface area contributed by atoms with E-state index in [2.05, 4.69) is 26.1 Å². The van der Waals surface area contributed by atoms with Crippen molar-refractivity contribution in [3.8, 4) is 11.5 Å². The normalized spacial score (nSPS) is 19.0. The maximum atomic E-state index is 13.8.